The standard InChI is InChI=1S/C16H15F3N2O/c1-11-4-2-5-12(8-11)10-20-15(22)21-14-7-3-6-13(9-14)16(17,18)19/h2-9H,10H2,1H3,(H2,20,21,22). The average Bonchev–Trinajstić information content (AvgIpc) is 2.45. The number of carbonyl (C=O) groups excluding carboxylic acids is 1. The zero-order valence-corrected chi connectivity index (χ0v) is 11.9. The molecule has 2 aromatic rings. The van der Waals surface area contributed by atoms with Crippen LogP contribution in [0.4, 0.5) is 23.7 Å². The van der Waals surface area contributed by atoms with E-state index in [0.717, 1.165) is 23.3 Å². The summed E-state index contributed by atoms with van der Waals surface area (Å²) in [4.78, 5) is 11.7. The number of nitrogens with one attached hydrogen (secondary N) is 2. The number of rotatable bonds is 3. The van der Waals surface area contributed by atoms with E-state index in [-0.39, 0.29) is 5.69 Å². The highest BCUT2D eigenvalue weighted by Gasteiger charge is 2.30. The van der Waals surface area contributed by atoms with Gasteiger partial charge in [0.15, 0.2) is 0 Å². The largest absolute Gasteiger partial charge is 0.416 e. The van der Waals surface area contributed by atoms with Gasteiger partial charge >= 0.3 is 12.2 Å². The first-order chi connectivity index (χ1) is 10.3. The van der Waals surface area contributed by atoms with Crippen LogP contribution in [0, 0.1) is 6.92 Å². The van der Waals surface area contributed by atoms with Gasteiger partial charge in [-0.05, 0) is 30.7 Å². The molecule has 0 aliphatic carbocycles. The molecule has 0 aromatic heterocycles. The molecule has 2 N–H and O–H groups in total. The fourth-order valence-corrected chi connectivity index (χ4v) is 1.95. The lowest BCUT2D eigenvalue weighted by molar-refractivity contribution is -0.137. The fourth-order valence-electron chi connectivity index (χ4n) is 1.95. The van der Waals surface area contributed by atoms with E-state index in [1.54, 1.807) is 0 Å². The highest BCUT2D eigenvalue weighted by molar-refractivity contribution is 5.89. The number of amides is 2. The molecule has 22 heavy (non-hydrogen) atoms. The van der Waals surface area contributed by atoms with E-state index in [1.165, 1.54) is 12.1 Å². The molecule has 0 heterocycles. The number of anilines is 1. The van der Waals surface area contributed by atoms with Crippen molar-refractivity contribution in [2.75, 3.05) is 5.32 Å². The van der Waals surface area contributed by atoms with Crippen LogP contribution in [0.2, 0.25) is 0 Å². The Hall–Kier alpha value is -2.50. The molecule has 2 rings (SSSR count). The molecule has 6 heteroatoms. The van der Waals surface area contributed by atoms with Crippen molar-refractivity contribution in [2.45, 2.75) is 19.6 Å². The monoisotopic (exact) mass is 308 g/mol. The predicted molar refractivity (Wildman–Crippen MR) is 78.5 cm³/mol. The third kappa shape index (κ3) is 4.51. The summed E-state index contributed by atoms with van der Waals surface area (Å²) < 4.78 is 37.8. The van der Waals surface area contributed by atoms with E-state index in [4.69, 9.17) is 0 Å². The molecule has 2 aromatic carbocycles. The molecule has 0 aliphatic rings. The lowest BCUT2D eigenvalue weighted by Gasteiger charge is -2.11. The Balaban J connectivity index is 1.95. The van der Waals surface area contributed by atoms with Crippen molar-refractivity contribution in [3.05, 3.63) is 65.2 Å². The van der Waals surface area contributed by atoms with Crippen molar-refractivity contribution in [2.24, 2.45) is 0 Å². The van der Waals surface area contributed by atoms with Crippen LogP contribution < -0.4 is 10.6 Å². The van der Waals surface area contributed by atoms with Crippen LogP contribution in [0.5, 0.6) is 0 Å². The third-order valence-electron chi connectivity index (χ3n) is 2.98. The van der Waals surface area contributed by atoms with Crippen LogP contribution in [-0.2, 0) is 12.7 Å². The summed E-state index contributed by atoms with van der Waals surface area (Å²) in [5.74, 6) is 0. The lowest BCUT2D eigenvalue weighted by atomic mass is 10.1. The van der Waals surface area contributed by atoms with E-state index in [1.807, 2.05) is 31.2 Å². The molecule has 3 nitrogen and oxygen atoms in total. The molecule has 0 spiro atoms. The molecule has 0 aliphatic heterocycles. The number of carbonyl (C=O) groups is 1. The van der Waals surface area contributed by atoms with Crippen LogP contribution >= 0.6 is 0 Å². The van der Waals surface area contributed by atoms with Gasteiger partial charge in [0.05, 0.1) is 5.56 Å². The summed E-state index contributed by atoms with van der Waals surface area (Å²) in [5.41, 5.74) is 1.28. The Labute approximate surface area is 126 Å². The number of urea groups is 1. The number of aryl methyl sites for hydroxylation is 1. The topological polar surface area (TPSA) is 41.1 Å². The van der Waals surface area contributed by atoms with Gasteiger partial charge in [0.25, 0.3) is 0 Å². The summed E-state index contributed by atoms with van der Waals surface area (Å²) >= 11 is 0. The number of halogens is 3. The smallest absolute Gasteiger partial charge is 0.334 e. The zero-order valence-electron chi connectivity index (χ0n) is 11.9. The number of hydrogen-bond acceptors (Lipinski definition) is 1. The highest BCUT2D eigenvalue weighted by atomic mass is 19.4. The number of hydrogen-bond donors (Lipinski definition) is 2. The fraction of sp³-hybridized carbons (Fsp3) is 0.188. The minimum atomic E-state index is -4.43. The SMILES string of the molecule is Cc1cccc(CNC(=O)Nc2cccc(C(F)(F)F)c2)c1. The van der Waals surface area contributed by atoms with Crippen molar-refractivity contribution < 1.29 is 18.0 Å². The van der Waals surface area contributed by atoms with Crippen LogP contribution in [0.15, 0.2) is 48.5 Å². The number of benzene rings is 2. The summed E-state index contributed by atoms with van der Waals surface area (Å²) in [6.45, 7) is 2.23. The molecule has 0 radical (unpaired) electrons. The normalized spacial score (nSPS) is 11.1. The highest BCUT2D eigenvalue weighted by Crippen LogP contribution is 2.30. The first-order valence-corrected chi connectivity index (χ1v) is 6.62. The molecule has 0 bridgehead atoms. The van der Waals surface area contributed by atoms with Crippen LogP contribution in [0.3, 0.4) is 0 Å². The van der Waals surface area contributed by atoms with Gasteiger partial charge in [0.2, 0.25) is 0 Å². The maximum Gasteiger partial charge on any atom is 0.416 e. The molecule has 0 fully saturated rings. The third-order valence-corrected chi connectivity index (χ3v) is 2.98. The molecule has 0 unspecified atom stereocenters. The Morgan fingerprint density at radius 1 is 1.09 bits per heavy atom. The van der Waals surface area contributed by atoms with Crippen LogP contribution in [0.25, 0.3) is 0 Å². The second kappa shape index (κ2) is 6.51. The van der Waals surface area contributed by atoms with Gasteiger partial charge in [-0.2, -0.15) is 13.2 Å². The van der Waals surface area contributed by atoms with Gasteiger partial charge in [-0.25, -0.2) is 4.79 Å². The van der Waals surface area contributed by atoms with E-state index in [9.17, 15) is 18.0 Å². The molecule has 116 valence electrons. The molecule has 0 atom stereocenters. The minimum absolute atomic E-state index is 0.0940. The van der Waals surface area contributed by atoms with Crippen LogP contribution in [-0.4, -0.2) is 6.03 Å². The lowest BCUT2D eigenvalue weighted by Crippen LogP contribution is -2.28. The van der Waals surface area contributed by atoms with Gasteiger partial charge in [0, 0.05) is 12.2 Å². The van der Waals surface area contributed by atoms with E-state index in [0.29, 0.717) is 6.54 Å². The summed E-state index contributed by atoms with van der Waals surface area (Å²) in [6.07, 6.45) is -4.43. The van der Waals surface area contributed by atoms with Crippen molar-refractivity contribution in [3.63, 3.8) is 0 Å². The first kappa shape index (κ1) is 15.9. The quantitative estimate of drug-likeness (QED) is 0.870. The predicted octanol–water partition coefficient (Wildman–Crippen LogP) is 4.34. The first-order valence-electron chi connectivity index (χ1n) is 6.62. The van der Waals surface area contributed by atoms with Gasteiger partial charge in [-0.15, -0.1) is 0 Å². The van der Waals surface area contributed by atoms with E-state index in [2.05, 4.69) is 10.6 Å². The average molecular weight is 308 g/mol. The molecule has 0 saturated heterocycles. The zero-order chi connectivity index (χ0) is 16.2. The maximum atomic E-state index is 12.6. The molecule has 2 amide bonds. The van der Waals surface area contributed by atoms with E-state index < -0.39 is 17.8 Å². The maximum absolute atomic E-state index is 12.6. The van der Waals surface area contributed by atoms with Gasteiger partial charge in [-0.1, -0.05) is 35.9 Å². The molecular weight excluding hydrogens is 293 g/mol. The summed E-state index contributed by atoms with van der Waals surface area (Å²) in [5, 5.41) is 4.99. The van der Waals surface area contributed by atoms with Gasteiger partial charge in [0.1, 0.15) is 0 Å². The van der Waals surface area contributed by atoms with Crippen molar-refractivity contribution in [1.29, 1.82) is 0 Å². The van der Waals surface area contributed by atoms with Crippen molar-refractivity contribution in [1.82, 2.24) is 5.32 Å². The summed E-state index contributed by atoms with van der Waals surface area (Å²) in [7, 11) is 0. The van der Waals surface area contributed by atoms with Crippen LogP contribution in [0.1, 0.15) is 16.7 Å². The Morgan fingerprint density at radius 2 is 1.82 bits per heavy atom. The minimum Gasteiger partial charge on any atom is -0.334 e. The second-order valence-electron chi connectivity index (χ2n) is 4.88. The molecule has 0 saturated carbocycles. The van der Waals surface area contributed by atoms with Crippen molar-refractivity contribution in [3.8, 4) is 0 Å². The molecular formula is C16H15F3N2O. The van der Waals surface area contributed by atoms with Gasteiger partial charge in [-0.3, -0.25) is 0 Å². The summed E-state index contributed by atoms with van der Waals surface area (Å²) in [6, 6.07) is 11.5. The van der Waals surface area contributed by atoms with E-state index >= 15 is 0 Å². The van der Waals surface area contributed by atoms with Crippen molar-refractivity contribution >= 4 is 11.7 Å². The Kier molecular flexibility index (Phi) is 4.70. The number of alkyl halides is 3. The Morgan fingerprint density at radius 3 is 2.50 bits per heavy atom. The second-order valence-corrected chi connectivity index (χ2v) is 4.88. The van der Waals surface area contributed by atoms with Gasteiger partial charge < -0.3 is 10.6 Å². The Bertz CT molecular complexity index is 668.